The lowest BCUT2D eigenvalue weighted by Crippen LogP contribution is -2.01. The zero-order valence-electron chi connectivity index (χ0n) is 12.3. The minimum atomic E-state index is 0.782. The maximum absolute atomic E-state index is 4.46. The van der Waals surface area contributed by atoms with Gasteiger partial charge in [-0.2, -0.15) is 5.10 Å². The standard InChI is InChI=1S/C16H19N5/c1-3-16-13(11-20(2)19-16)10-18-14-5-4-6-15(9-14)21-8-7-17-12-21/h4-9,11-12,18H,3,10H2,1-2H3. The molecular formula is C16H19N5. The van der Waals surface area contributed by atoms with E-state index in [9.17, 15) is 0 Å². The van der Waals surface area contributed by atoms with Gasteiger partial charge < -0.3 is 9.88 Å². The summed E-state index contributed by atoms with van der Waals surface area (Å²) in [6, 6.07) is 8.29. The van der Waals surface area contributed by atoms with Crippen LogP contribution >= 0.6 is 0 Å². The van der Waals surface area contributed by atoms with Crippen molar-refractivity contribution in [2.45, 2.75) is 19.9 Å². The molecule has 108 valence electrons. The topological polar surface area (TPSA) is 47.7 Å². The van der Waals surface area contributed by atoms with Crippen LogP contribution in [0.25, 0.3) is 5.69 Å². The van der Waals surface area contributed by atoms with Gasteiger partial charge in [-0.1, -0.05) is 13.0 Å². The molecule has 0 saturated heterocycles. The summed E-state index contributed by atoms with van der Waals surface area (Å²) in [6.45, 7) is 2.91. The van der Waals surface area contributed by atoms with Crippen LogP contribution in [0.1, 0.15) is 18.2 Å². The number of rotatable bonds is 5. The van der Waals surface area contributed by atoms with E-state index >= 15 is 0 Å². The third-order valence-corrected chi connectivity index (χ3v) is 3.46. The molecule has 0 unspecified atom stereocenters. The monoisotopic (exact) mass is 281 g/mol. The second kappa shape index (κ2) is 5.83. The quantitative estimate of drug-likeness (QED) is 0.782. The van der Waals surface area contributed by atoms with Gasteiger partial charge in [0.15, 0.2) is 0 Å². The molecule has 0 saturated carbocycles. The van der Waals surface area contributed by atoms with Crippen LogP contribution in [0.15, 0.2) is 49.2 Å². The third-order valence-electron chi connectivity index (χ3n) is 3.46. The molecule has 2 aromatic heterocycles. The zero-order chi connectivity index (χ0) is 14.7. The van der Waals surface area contributed by atoms with E-state index in [-0.39, 0.29) is 0 Å². The number of aromatic nitrogens is 4. The highest BCUT2D eigenvalue weighted by Gasteiger charge is 2.05. The van der Waals surface area contributed by atoms with Crippen molar-refractivity contribution >= 4 is 5.69 Å². The van der Waals surface area contributed by atoms with E-state index in [2.05, 4.69) is 46.7 Å². The van der Waals surface area contributed by atoms with Gasteiger partial charge >= 0.3 is 0 Å². The Hall–Kier alpha value is -2.56. The normalized spacial score (nSPS) is 10.8. The Morgan fingerprint density at radius 3 is 2.95 bits per heavy atom. The first kappa shape index (κ1) is 13.4. The molecule has 5 heteroatoms. The van der Waals surface area contributed by atoms with Gasteiger partial charge in [-0.25, -0.2) is 4.98 Å². The Kier molecular flexibility index (Phi) is 3.73. The van der Waals surface area contributed by atoms with E-state index in [1.807, 2.05) is 28.6 Å². The molecule has 3 rings (SSSR count). The second-order valence-electron chi connectivity index (χ2n) is 5.00. The first-order chi connectivity index (χ1) is 10.3. The molecule has 3 aromatic rings. The fraction of sp³-hybridized carbons (Fsp3) is 0.250. The van der Waals surface area contributed by atoms with Crippen LogP contribution in [-0.2, 0) is 20.0 Å². The minimum Gasteiger partial charge on any atom is -0.381 e. The highest BCUT2D eigenvalue weighted by atomic mass is 15.3. The lowest BCUT2D eigenvalue weighted by Gasteiger charge is -2.08. The number of hydrogen-bond donors (Lipinski definition) is 1. The fourth-order valence-electron chi connectivity index (χ4n) is 2.41. The Morgan fingerprint density at radius 2 is 2.19 bits per heavy atom. The van der Waals surface area contributed by atoms with Crippen LogP contribution in [0, 0.1) is 0 Å². The van der Waals surface area contributed by atoms with Crippen LogP contribution in [0.4, 0.5) is 5.69 Å². The van der Waals surface area contributed by atoms with Gasteiger partial charge in [-0.15, -0.1) is 0 Å². The molecule has 2 heterocycles. The van der Waals surface area contributed by atoms with Crippen molar-refractivity contribution < 1.29 is 0 Å². The summed E-state index contributed by atoms with van der Waals surface area (Å²) in [4.78, 5) is 4.08. The summed E-state index contributed by atoms with van der Waals surface area (Å²) in [5.41, 5.74) is 4.58. The predicted molar refractivity (Wildman–Crippen MR) is 83.5 cm³/mol. The number of benzene rings is 1. The highest BCUT2D eigenvalue weighted by molar-refractivity contribution is 5.51. The molecule has 0 spiro atoms. The predicted octanol–water partition coefficient (Wildman–Crippen LogP) is 2.78. The molecule has 0 atom stereocenters. The van der Waals surface area contributed by atoms with E-state index in [4.69, 9.17) is 0 Å². The molecule has 0 aliphatic rings. The third kappa shape index (κ3) is 2.97. The van der Waals surface area contributed by atoms with Crippen LogP contribution in [0.5, 0.6) is 0 Å². The van der Waals surface area contributed by atoms with Crippen molar-refractivity contribution in [3.8, 4) is 5.69 Å². The van der Waals surface area contributed by atoms with E-state index in [1.54, 1.807) is 12.5 Å². The van der Waals surface area contributed by atoms with Gasteiger partial charge in [0.1, 0.15) is 0 Å². The van der Waals surface area contributed by atoms with Crippen LogP contribution in [-0.4, -0.2) is 19.3 Å². The summed E-state index contributed by atoms with van der Waals surface area (Å²) >= 11 is 0. The molecule has 0 bridgehead atoms. The number of anilines is 1. The lowest BCUT2D eigenvalue weighted by atomic mass is 10.2. The zero-order valence-corrected chi connectivity index (χ0v) is 12.3. The van der Waals surface area contributed by atoms with Gasteiger partial charge in [0.05, 0.1) is 12.0 Å². The van der Waals surface area contributed by atoms with E-state index in [0.717, 1.165) is 30.0 Å². The number of imidazole rings is 1. The molecule has 5 nitrogen and oxygen atoms in total. The SMILES string of the molecule is CCc1nn(C)cc1CNc1cccc(-n2ccnc2)c1. The van der Waals surface area contributed by atoms with Crippen molar-refractivity contribution in [2.75, 3.05) is 5.32 Å². The Morgan fingerprint density at radius 1 is 1.29 bits per heavy atom. The maximum atomic E-state index is 4.46. The van der Waals surface area contributed by atoms with Crippen molar-refractivity contribution in [3.63, 3.8) is 0 Å². The molecule has 0 aliphatic carbocycles. The maximum Gasteiger partial charge on any atom is 0.0991 e. The Bertz CT molecular complexity index is 712. The molecule has 0 aliphatic heterocycles. The average Bonchev–Trinajstić information content (AvgIpc) is 3.14. The Balaban J connectivity index is 1.75. The van der Waals surface area contributed by atoms with Crippen LogP contribution < -0.4 is 5.32 Å². The number of nitrogens with zero attached hydrogens (tertiary/aromatic N) is 4. The Labute approximate surface area is 124 Å². The second-order valence-corrected chi connectivity index (χ2v) is 5.00. The fourth-order valence-corrected chi connectivity index (χ4v) is 2.41. The first-order valence-electron chi connectivity index (χ1n) is 7.10. The first-order valence-corrected chi connectivity index (χ1v) is 7.10. The van der Waals surface area contributed by atoms with Crippen molar-refractivity contribution in [1.29, 1.82) is 0 Å². The molecule has 0 fully saturated rings. The van der Waals surface area contributed by atoms with Gasteiger partial charge in [-0.05, 0) is 24.6 Å². The smallest absolute Gasteiger partial charge is 0.0991 e. The van der Waals surface area contributed by atoms with Gasteiger partial charge in [-0.3, -0.25) is 4.68 Å². The van der Waals surface area contributed by atoms with E-state index in [0.29, 0.717) is 0 Å². The minimum absolute atomic E-state index is 0.782. The summed E-state index contributed by atoms with van der Waals surface area (Å²) in [5.74, 6) is 0. The van der Waals surface area contributed by atoms with Gasteiger partial charge in [0.25, 0.3) is 0 Å². The number of aryl methyl sites for hydroxylation is 2. The van der Waals surface area contributed by atoms with Crippen molar-refractivity contribution in [2.24, 2.45) is 7.05 Å². The van der Waals surface area contributed by atoms with Crippen LogP contribution in [0.2, 0.25) is 0 Å². The molecule has 21 heavy (non-hydrogen) atoms. The average molecular weight is 281 g/mol. The lowest BCUT2D eigenvalue weighted by molar-refractivity contribution is 0.746. The molecule has 0 radical (unpaired) electrons. The summed E-state index contributed by atoms with van der Waals surface area (Å²) in [7, 11) is 1.96. The largest absolute Gasteiger partial charge is 0.381 e. The summed E-state index contributed by atoms with van der Waals surface area (Å²) in [6.07, 6.45) is 8.55. The van der Waals surface area contributed by atoms with Gasteiger partial charge in [0.2, 0.25) is 0 Å². The van der Waals surface area contributed by atoms with Gasteiger partial charge in [0, 0.05) is 49.1 Å². The summed E-state index contributed by atoms with van der Waals surface area (Å²) < 4.78 is 3.87. The molecular weight excluding hydrogens is 262 g/mol. The molecule has 1 aromatic carbocycles. The highest BCUT2D eigenvalue weighted by Crippen LogP contribution is 2.16. The summed E-state index contributed by atoms with van der Waals surface area (Å²) in [5, 5.41) is 7.93. The number of nitrogens with one attached hydrogen (secondary N) is 1. The van der Waals surface area contributed by atoms with Crippen molar-refractivity contribution in [1.82, 2.24) is 19.3 Å². The number of hydrogen-bond acceptors (Lipinski definition) is 3. The molecule has 0 amide bonds. The van der Waals surface area contributed by atoms with Crippen molar-refractivity contribution in [3.05, 3.63) is 60.4 Å². The van der Waals surface area contributed by atoms with E-state index < -0.39 is 0 Å². The molecule has 1 N–H and O–H groups in total. The van der Waals surface area contributed by atoms with E-state index in [1.165, 1.54) is 5.56 Å². The van der Waals surface area contributed by atoms with Crippen LogP contribution in [0.3, 0.4) is 0 Å².